The van der Waals surface area contributed by atoms with Crippen LogP contribution in [0.25, 0.3) is 0 Å². The van der Waals surface area contributed by atoms with Crippen LogP contribution in [0, 0.1) is 13.8 Å². The maximum absolute atomic E-state index is 10.6. The molecule has 0 fully saturated rings. The highest BCUT2D eigenvalue weighted by Crippen LogP contribution is 2.07. The van der Waals surface area contributed by atoms with Gasteiger partial charge in [-0.05, 0) is 25.5 Å². The number of carbonyl (C=O) groups is 1. The van der Waals surface area contributed by atoms with E-state index in [4.69, 9.17) is 4.74 Å². The molecule has 0 bridgehead atoms. The first-order chi connectivity index (χ1) is 6.09. The smallest absolute Gasteiger partial charge is 0.303 e. The predicted molar refractivity (Wildman–Crippen MR) is 49.2 cm³/mol. The van der Waals surface area contributed by atoms with Crippen molar-refractivity contribution in [2.45, 2.75) is 27.4 Å². The lowest BCUT2D eigenvalue weighted by Crippen LogP contribution is -2.03. The highest BCUT2D eigenvalue weighted by molar-refractivity contribution is 5.65. The Bertz CT molecular complexity index is 321. The van der Waals surface area contributed by atoms with Gasteiger partial charge in [0.05, 0.1) is 5.69 Å². The van der Waals surface area contributed by atoms with Crippen molar-refractivity contribution in [2.24, 2.45) is 0 Å². The number of ether oxygens (including phenoxy) is 1. The Morgan fingerprint density at radius 3 is 2.77 bits per heavy atom. The zero-order valence-corrected chi connectivity index (χ0v) is 8.13. The van der Waals surface area contributed by atoms with Crippen LogP contribution in [0.5, 0.6) is 0 Å². The van der Waals surface area contributed by atoms with Crippen molar-refractivity contribution in [1.29, 1.82) is 0 Å². The number of hydrogen-bond donors (Lipinski definition) is 0. The molecule has 1 aromatic heterocycles. The second-order valence-electron chi connectivity index (χ2n) is 3.00. The molecule has 13 heavy (non-hydrogen) atoms. The SMILES string of the molecule is CC(=O)OCc1nc(C)ccc1C. The Hall–Kier alpha value is -1.38. The van der Waals surface area contributed by atoms with Crippen molar-refractivity contribution < 1.29 is 9.53 Å². The number of nitrogens with zero attached hydrogens (tertiary/aromatic N) is 1. The van der Waals surface area contributed by atoms with Gasteiger partial charge in [0.15, 0.2) is 0 Å². The number of pyridine rings is 1. The van der Waals surface area contributed by atoms with E-state index in [9.17, 15) is 4.79 Å². The molecule has 0 aromatic carbocycles. The van der Waals surface area contributed by atoms with Crippen LogP contribution in [0.2, 0.25) is 0 Å². The number of aromatic nitrogens is 1. The van der Waals surface area contributed by atoms with Crippen molar-refractivity contribution in [3.63, 3.8) is 0 Å². The zero-order valence-electron chi connectivity index (χ0n) is 8.13. The molecule has 1 aromatic rings. The third-order valence-corrected chi connectivity index (χ3v) is 1.75. The molecule has 0 aliphatic heterocycles. The second-order valence-corrected chi connectivity index (χ2v) is 3.00. The van der Waals surface area contributed by atoms with E-state index >= 15 is 0 Å². The van der Waals surface area contributed by atoms with Gasteiger partial charge in [-0.2, -0.15) is 0 Å². The van der Waals surface area contributed by atoms with Crippen LogP contribution < -0.4 is 0 Å². The molecule has 3 nitrogen and oxygen atoms in total. The molecule has 1 rings (SSSR count). The molecule has 70 valence electrons. The number of carbonyl (C=O) groups excluding carboxylic acids is 1. The summed E-state index contributed by atoms with van der Waals surface area (Å²) >= 11 is 0. The molecule has 3 heteroatoms. The number of esters is 1. The van der Waals surface area contributed by atoms with Gasteiger partial charge in [0.1, 0.15) is 6.61 Å². The van der Waals surface area contributed by atoms with Gasteiger partial charge < -0.3 is 4.74 Å². The molecular weight excluding hydrogens is 166 g/mol. The third kappa shape index (κ3) is 2.86. The molecule has 0 spiro atoms. The Morgan fingerprint density at radius 1 is 1.46 bits per heavy atom. The normalized spacial score (nSPS) is 9.77. The maximum Gasteiger partial charge on any atom is 0.303 e. The average molecular weight is 179 g/mol. The lowest BCUT2D eigenvalue weighted by atomic mass is 10.2. The quantitative estimate of drug-likeness (QED) is 0.649. The predicted octanol–water partition coefficient (Wildman–Crippen LogP) is 1.76. The standard InChI is InChI=1S/C10H13NO2/c1-7-4-5-8(2)11-10(7)6-13-9(3)12/h4-5H,6H2,1-3H3. The fourth-order valence-corrected chi connectivity index (χ4v) is 0.996. The van der Waals surface area contributed by atoms with E-state index in [-0.39, 0.29) is 12.6 Å². The third-order valence-electron chi connectivity index (χ3n) is 1.75. The van der Waals surface area contributed by atoms with Crippen molar-refractivity contribution in [3.8, 4) is 0 Å². The van der Waals surface area contributed by atoms with Gasteiger partial charge in [0.2, 0.25) is 0 Å². The highest BCUT2D eigenvalue weighted by atomic mass is 16.5. The Labute approximate surface area is 77.8 Å². The second kappa shape index (κ2) is 4.03. The largest absolute Gasteiger partial charge is 0.459 e. The van der Waals surface area contributed by atoms with Gasteiger partial charge in [-0.1, -0.05) is 6.07 Å². The highest BCUT2D eigenvalue weighted by Gasteiger charge is 2.01. The molecule has 0 aliphatic rings. The summed E-state index contributed by atoms with van der Waals surface area (Å²) in [6, 6.07) is 3.91. The van der Waals surface area contributed by atoms with Gasteiger partial charge in [0.25, 0.3) is 0 Å². The van der Waals surface area contributed by atoms with Crippen LogP contribution in [0.1, 0.15) is 23.9 Å². The van der Waals surface area contributed by atoms with Gasteiger partial charge in [-0.15, -0.1) is 0 Å². The minimum absolute atomic E-state index is 0.267. The molecule has 0 unspecified atom stereocenters. The number of hydrogen-bond acceptors (Lipinski definition) is 3. The summed E-state index contributed by atoms with van der Waals surface area (Å²) < 4.78 is 4.86. The summed E-state index contributed by atoms with van der Waals surface area (Å²) in [6.07, 6.45) is 0. The topological polar surface area (TPSA) is 39.2 Å². The van der Waals surface area contributed by atoms with E-state index in [2.05, 4.69) is 4.98 Å². The average Bonchev–Trinajstić information content (AvgIpc) is 2.06. The molecule has 0 radical (unpaired) electrons. The monoisotopic (exact) mass is 179 g/mol. The summed E-state index contributed by atoms with van der Waals surface area (Å²) in [5, 5.41) is 0. The first-order valence-electron chi connectivity index (χ1n) is 4.16. The lowest BCUT2D eigenvalue weighted by molar-refractivity contribution is -0.142. The fraction of sp³-hybridized carbons (Fsp3) is 0.400. The Balaban J connectivity index is 2.75. The summed E-state index contributed by atoms with van der Waals surface area (Å²) in [4.78, 5) is 14.8. The van der Waals surface area contributed by atoms with Crippen LogP contribution in [-0.2, 0) is 16.1 Å². The summed E-state index contributed by atoms with van der Waals surface area (Å²) in [5.41, 5.74) is 2.81. The van der Waals surface area contributed by atoms with Crippen LogP contribution in [0.3, 0.4) is 0 Å². The number of aryl methyl sites for hydroxylation is 2. The Morgan fingerprint density at radius 2 is 2.15 bits per heavy atom. The van der Waals surface area contributed by atoms with E-state index in [1.54, 1.807) is 0 Å². The molecule has 1 heterocycles. The van der Waals surface area contributed by atoms with E-state index in [0.717, 1.165) is 17.0 Å². The first-order valence-corrected chi connectivity index (χ1v) is 4.16. The molecule has 0 aliphatic carbocycles. The lowest BCUT2D eigenvalue weighted by Gasteiger charge is -2.05. The number of rotatable bonds is 2. The minimum atomic E-state index is -0.275. The molecular formula is C10H13NO2. The van der Waals surface area contributed by atoms with E-state index < -0.39 is 0 Å². The van der Waals surface area contributed by atoms with Crippen LogP contribution >= 0.6 is 0 Å². The fourth-order valence-electron chi connectivity index (χ4n) is 0.996. The summed E-state index contributed by atoms with van der Waals surface area (Å²) in [5.74, 6) is -0.275. The van der Waals surface area contributed by atoms with Crippen molar-refractivity contribution in [2.75, 3.05) is 0 Å². The zero-order chi connectivity index (χ0) is 9.84. The van der Waals surface area contributed by atoms with Crippen molar-refractivity contribution >= 4 is 5.97 Å². The van der Waals surface area contributed by atoms with Crippen LogP contribution in [-0.4, -0.2) is 11.0 Å². The minimum Gasteiger partial charge on any atom is -0.459 e. The van der Waals surface area contributed by atoms with E-state index in [1.165, 1.54) is 6.92 Å². The van der Waals surface area contributed by atoms with Crippen molar-refractivity contribution in [3.05, 3.63) is 29.1 Å². The molecule has 0 amide bonds. The summed E-state index contributed by atoms with van der Waals surface area (Å²) in [7, 11) is 0. The molecule has 0 atom stereocenters. The summed E-state index contributed by atoms with van der Waals surface area (Å²) in [6.45, 7) is 5.52. The molecule has 0 N–H and O–H groups in total. The molecule has 0 saturated heterocycles. The molecule has 0 saturated carbocycles. The Kier molecular flexibility index (Phi) is 3.01. The van der Waals surface area contributed by atoms with Gasteiger partial charge in [-0.25, -0.2) is 0 Å². The van der Waals surface area contributed by atoms with Crippen LogP contribution in [0.15, 0.2) is 12.1 Å². The van der Waals surface area contributed by atoms with Crippen LogP contribution in [0.4, 0.5) is 0 Å². The van der Waals surface area contributed by atoms with Gasteiger partial charge in [0, 0.05) is 12.6 Å². The van der Waals surface area contributed by atoms with Gasteiger partial charge >= 0.3 is 5.97 Å². The van der Waals surface area contributed by atoms with Gasteiger partial charge in [-0.3, -0.25) is 9.78 Å². The van der Waals surface area contributed by atoms with E-state index in [1.807, 2.05) is 26.0 Å². The first kappa shape index (κ1) is 9.71. The maximum atomic E-state index is 10.6. The van der Waals surface area contributed by atoms with Crippen molar-refractivity contribution in [1.82, 2.24) is 4.98 Å². The van der Waals surface area contributed by atoms with E-state index in [0.29, 0.717) is 0 Å².